The lowest BCUT2D eigenvalue weighted by atomic mass is 10.1. The maximum atomic E-state index is 12.7. The van der Waals surface area contributed by atoms with E-state index in [2.05, 4.69) is 20.4 Å². The van der Waals surface area contributed by atoms with E-state index < -0.39 is 12.1 Å². The molecule has 0 aliphatic rings. The van der Waals surface area contributed by atoms with Gasteiger partial charge < -0.3 is 13.6 Å². The number of aromatic nitrogens is 4. The molecule has 0 saturated heterocycles. The van der Waals surface area contributed by atoms with E-state index in [1.807, 2.05) is 62.4 Å². The fourth-order valence-corrected chi connectivity index (χ4v) is 3.47. The van der Waals surface area contributed by atoms with Gasteiger partial charge in [-0.2, -0.15) is 0 Å². The Balaban J connectivity index is 1.25. The number of ether oxygens (including phenoxy) is 1. The predicted molar refractivity (Wildman–Crippen MR) is 128 cm³/mol. The zero-order chi connectivity index (χ0) is 24.4. The van der Waals surface area contributed by atoms with E-state index in [-0.39, 0.29) is 5.89 Å². The lowest BCUT2D eigenvalue weighted by Crippen LogP contribution is -2.09. The molecule has 0 N–H and O–H groups in total. The van der Waals surface area contributed by atoms with Crippen LogP contribution in [0.3, 0.4) is 0 Å². The molecule has 0 fully saturated rings. The summed E-state index contributed by atoms with van der Waals surface area (Å²) in [6, 6.07) is 22.3. The molecule has 3 aromatic carbocycles. The number of aryl methyl sites for hydroxylation is 2. The van der Waals surface area contributed by atoms with Crippen molar-refractivity contribution in [3.8, 4) is 34.4 Å². The average molecular weight is 466 g/mol. The van der Waals surface area contributed by atoms with Crippen LogP contribution < -0.4 is 0 Å². The Morgan fingerprint density at radius 1 is 0.714 bits per heavy atom. The standard InChI is InChI=1S/C27H22N4O4/c1-16-7-9-19(10-8-16)24-29-30-25(35-24)20-11-13-21(14-12-20)27(32)33-18(3)23-28-31-26(34-23)22-6-4-5-17(2)15-22/h4-15,18H,1-3H3. The zero-order valence-electron chi connectivity index (χ0n) is 19.4. The molecule has 2 heterocycles. The second kappa shape index (κ2) is 9.34. The van der Waals surface area contributed by atoms with E-state index in [9.17, 15) is 4.79 Å². The summed E-state index contributed by atoms with van der Waals surface area (Å²) in [6.07, 6.45) is -0.707. The van der Waals surface area contributed by atoms with Crippen molar-refractivity contribution < 1.29 is 18.4 Å². The molecule has 5 aromatic rings. The van der Waals surface area contributed by atoms with Crippen LogP contribution in [0.1, 0.15) is 40.4 Å². The summed E-state index contributed by atoms with van der Waals surface area (Å²) in [7, 11) is 0. The second-order valence-corrected chi connectivity index (χ2v) is 8.22. The number of nitrogens with zero attached hydrogens (tertiary/aromatic N) is 4. The van der Waals surface area contributed by atoms with Gasteiger partial charge in [0, 0.05) is 16.7 Å². The summed E-state index contributed by atoms with van der Waals surface area (Å²) >= 11 is 0. The van der Waals surface area contributed by atoms with Gasteiger partial charge in [-0.3, -0.25) is 0 Å². The number of rotatable bonds is 6. The molecule has 0 aliphatic carbocycles. The first kappa shape index (κ1) is 22.2. The zero-order valence-corrected chi connectivity index (χ0v) is 19.4. The van der Waals surface area contributed by atoms with Gasteiger partial charge in [-0.25, -0.2) is 4.79 Å². The van der Waals surface area contributed by atoms with Gasteiger partial charge in [-0.15, -0.1) is 20.4 Å². The van der Waals surface area contributed by atoms with Gasteiger partial charge in [0.1, 0.15) is 0 Å². The third kappa shape index (κ3) is 4.86. The van der Waals surface area contributed by atoms with Crippen molar-refractivity contribution >= 4 is 5.97 Å². The van der Waals surface area contributed by atoms with Gasteiger partial charge in [0.2, 0.25) is 17.7 Å². The molecule has 0 bridgehead atoms. The summed E-state index contributed by atoms with van der Waals surface area (Å²) in [5.74, 6) is 0.886. The SMILES string of the molecule is Cc1ccc(-c2nnc(-c3ccc(C(=O)OC(C)c4nnc(-c5cccc(C)c5)o4)cc3)o2)cc1. The third-order valence-corrected chi connectivity index (χ3v) is 5.43. The van der Waals surface area contributed by atoms with Gasteiger partial charge in [-0.1, -0.05) is 35.4 Å². The first-order valence-electron chi connectivity index (χ1n) is 11.1. The van der Waals surface area contributed by atoms with Gasteiger partial charge in [0.05, 0.1) is 5.56 Å². The van der Waals surface area contributed by atoms with Crippen LogP contribution in [0.2, 0.25) is 0 Å². The minimum absolute atomic E-state index is 0.223. The van der Waals surface area contributed by atoms with Crippen molar-refractivity contribution in [1.29, 1.82) is 0 Å². The quantitative estimate of drug-likeness (QED) is 0.281. The third-order valence-electron chi connectivity index (χ3n) is 5.43. The minimum Gasteiger partial charge on any atom is -0.449 e. The van der Waals surface area contributed by atoms with Crippen molar-refractivity contribution in [2.75, 3.05) is 0 Å². The fourth-order valence-electron chi connectivity index (χ4n) is 3.47. The number of benzene rings is 3. The van der Waals surface area contributed by atoms with E-state index in [0.717, 1.165) is 22.3 Å². The molecule has 1 unspecified atom stereocenters. The van der Waals surface area contributed by atoms with Gasteiger partial charge in [0.25, 0.3) is 5.89 Å². The predicted octanol–water partition coefficient (Wildman–Crippen LogP) is 5.99. The monoisotopic (exact) mass is 466 g/mol. The van der Waals surface area contributed by atoms with Crippen molar-refractivity contribution in [3.05, 3.63) is 95.4 Å². The molecule has 8 nitrogen and oxygen atoms in total. The molecule has 0 radical (unpaired) electrons. The fraction of sp³-hybridized carbons (Fsp3) is 0.148. The number of carbonyl (C=O) groups excluding carboxylic acids is 1. The molecule has 0 amide bonds. The molecule has 8 heteroatoms. The van der Waals surface area contributed by atoms with Gasteiger partial charge >= 0.3 is 5.97 Å². The van der Waals surface area contributed by atoms with Gasteiger partial charge in [-0.05, 0) is 69.3 Å². The Labute approximate surface area is 201 Å². The molecule has 0 saturated carbocycles. The van der Waals surface area contributed by atoms with Crippen molar-refractivity contribution in [3.63, 3.8) is 0 Å². The molecular formula is C27H22N4O4. The molecule has 0 spiro atoms. The summed E-state index contributed by atoms with van der Waals surface area (Å²) < 4.78 is 17.0. The van der Waals surface area contributed by atoms with Crippen molar-refractivity contribution in [2.24, 2.45) is 0 Å². The molecular weight excluding hydrogens is 444 g/mol. The van der Waals surface area contributed by atoms with Crippen LogP contribution in [-0.4, -0.2) is 26.4 Å². The van der Waals surface area contributed by atoms with E-state index in [0.29, 0.717) is 28.8 Å². The topological polar surface area (TPSA) is 104 Å². The van der Waals surface area contributed by atoms with E-state index in [1.54, 1.807) is 31.2 Å². The average Bonchev–Trinajstić information content (AvgIpc) is 3.55. The summed E-state index contributed by atoms with van der Waals surface area (Å²) in [6.45, 7) is 5.68. The summed E-state index contributed by atoms with van der Waals surface area (Å²) in [4.78, 5) is 12.7. The molecule has 35 heavy (non-hydrogen) atoms. The lowest BCUT2D eigenvalue weighted by Gasteiger charge is -2.09. The van der Waals surface area contributed by atoms with E-state index in [1.165, 1.54) is 0 Å². The van der Waals surface area contributed by atoms with Crippen molar-refractivity contribution in [1.82, 2.24) is 20.4 Å². The highest BCUT2D eigenvalue weighted by Crippen LogP contribution is 2.26. The largest absolute Gasteiger partial charge is 0.449 e. The molecule has 0 aliphatic heterocycles. The first-order chi connectivity index (χ1) is 17.0. The Morgan fingerprint density at radius 3 is 1.97 bits per heavy atom. The summed E-state index contributed by atoms with van der Waals surface area (Å²) in [5.41, 5.74) is 4.95. The molecule has 5 rings (SSSR count). The van der Waals surface area contributed by atoms with Crippen LogP contribution >= 0.6 is 0 Å². The van der Waals surface area contributed by atoms with Crippen molar-refractivity contribution in [2.45, 2.75) is 26.9 Å². The van der Waals surface area contributed by atoms with Crippen LogP contribution in [0.5, 0.6) is 0 Å². The Kier molecular flexibility index (Phi) is 5.93. The van der Waals surface area contributed by atoms with Crippen LogP contribution in [-0.2, 0) is 4.74 Å². The number of hydrogen-bond acceptors (Lipinski definition) is 8. The Bertz CT molecular complexity index is 1470. The van der Waals surface area contributed by atoms with Crippen LogP contribution in [0.15, 0.2) is 81.6 Å². The molecule has 1 atom stereocenters. The number of carbonyl (C=O) groups is 1. The smallest absolute Gasteiger partial charge is 0.338 e. The number of esters is 1. The Hall–Kier alpha value is -4.59. The molecule has 2 aromatic heterocycles. The highest BCUT2D eigenvalue weighted by molar-refractivity contribution is 5.90. The highest BCUT2D eigenvalue weighted by atomic mass is 16.6. The summed E-state index contributed by atoms with van der Waals surface area (Å²) in [5, 5.41) is 16.3. The number of hydrogen-bond donors (Lipinski definition) is 0. The Morgan fingerprint density at radius 2 is 1.31 bits per heavy atom. The minimum atomic E-state index is -0.707. The first-order valence-corrected chi connectivity index (χ1v) is 11.1. The van der Waals surface area contributed by atoms with Crippen LogP contribution in [0.25, 0.3) is 34.4 Å². The second-order valence-electron chi connectivity index (χ2n) is 8.22. The maximum Gasteiger partial charge on any atom is 0.338 e. The lowest BCUT2D eigenvalue weighted by molar-refractivity contribution is 0.0280. The van der Waals surface area contributed by atoms with Crippen LogP contribution in [0.4, 0.5) is 0 Å². The normalized spacial score (nSPS) is 11.9. The van der Waals surface area contributed by atoms with Crippen LogP contribution in [0, 0.1) is 13.8 Å². The highest BCUT2D eigenvalue weighted by Gasteiger charge is 2.20. The van der Waals surface area contributed by atoms with E-state index >= 15 is 0 Å². The van der Waals surface area contributed by atoms with Gasteiger partial charge in [0.15, 0.2) is 6.10 Å². The van der Waals surface area contributed by atoms with E-state index in [4.69, 9.17) is 13.6 Å². The maximum absolute atomic E-state index is 12.7. The molecule has 174 valence electrons.